The Bertz CT molecular complexity index is 510. The summed E-state index contributed by atoms with van der Waals surface area (Å²) in [7, 11) is 1.60. The number of hydrogen-bond donors (Lipinski definition) is 2. The Kier molecular flexibility index (Phi) is 6.49. The minimum atomic E-state index is -0.0317. The number of anilines is 1. The van der Waals surface area contributed by atoms with Crippen LogP contribution in [0.3, 0.4) is 0 Å². The molecular formula is C16H23ClN2O3. The highest BCUT2D eigenvalue weighted by molar-refractivity contribution is 6.32. The Morgan fingerprint density at radius 2 is 2.23 bits per heavy atom. The average Bonchev–Trinajstić information content (AvgIpc) is 2.98. The van der Waals surface area contributed by atoms with Crippen molar-refractivity contribution in [2.24, 2.45) is 17.6 Å². The zero-order valence-electron chi connectivity index (χ0n) is 12.8. The molecule has 1 saturated carbocycles. The Balaban J connectivity index is 2.08. The largest absolute Gasteiger partial charge is 0.487 e. The van der Waals surface area contributed by atoms with E-state index in [4.69, 9.17) is 26.8 Å². The maximum Gasteiger partial charge on any atom is 0.227 e. The van der Waals surface area contributed by atoms with Crippen LogP contribution in [0.2, 0.25) is 5.02 Å². The molecule has 22 heavy (non-hydrogen) atoms. The zero-order valence-corrected chi connectivity index (χ0v) is 13.6. The molecule has 0 bridgehead atoms. The molecule has 1 aliphatic carbocycles. The summed E-state index contributed by atoms with van der Waals surface area (Å²) >= 11 is 6.17. The van der Waals surface area contributed by atoms with Gasteiger partial charge in [-0.05, 0) is 37.4 Å². The summed E-state index contributed by atoms with van der Waals surface area (Å²) in [5, 5.41) is 3.41. The molecule has 0 aliphatic heterocycles. The summed E-state index contributed by atoms with van der Waals surface area (Å²) in [5.74, 6) is 0.705. The molecule has 0 spiro atoms. The van der Waals surface area contributed by atoms with E-state index in [1.165, 1.54) is 0 Å². The number of halogens is 1. The zero-order chi connectivity index (χ0) is 15.9. The lowest BCUT2D eigenvalue weighted by Crippen LogP contribution is -2.30. The molecule has 2 atom stereocenters. The molecule has 122 valence electrons. The molecule has 0 heterocycles. The third-order valence-corrected chi connectivity index (χ3v) is 4.35. The first kappa shape index (κ1) is 17.1. The number of carbonyl (C=O) groups is 1. The number of ether oxygens (including phenoxy) is 2. The highest BCUT2D eigenvalue weighted by Gasteiger charge is 2.32. The van der Waals surface area contributed by atoms with Crippen molar-refractivity contribution >= 4 is 23.2 Å². The van der Waals surface area contributed by atoms with Crippen LogP contribution in [0.4, 0.5) is 5.69 Å². The summed E-state index contributed by atoms with van der Waals surface area (Å²) in [4.78, 5) is 12.5. The van der Waals surface area contributed by atoms with Gasteiger partial charge in [-0.2, -0.15) is 0 Å². The molecule has 2 rings (SSSR count). The summed E-state index contributed by atoms with van der Waals surface area (Å²) in [6, 6.07) is 5.31. The quantitative estimate of drug-likeness (QED) is 0.755. The predicted molar refractivity (Wildman–Crippen MR) is 87.3 cm³/mol. The lowest BCUT2D eigenvalue weighted by molar-refractivity contribution is -0.120. The summed E-state index contributed by atoms with van der Waals surface area (Å²) in [5.41, 5.74) is 6.34. The summed E-state index contributed by atoms with van der Waals surface area (Å²) < 4.78 is 10.6. The van der Waals surface area contributed by atoms with Crippen LogP contribution in [0, 0.1) is 11.8 Å². The van der Waals surface area contributed by atoms with Crippen molar-refractivity contribution in [3.8, 4) is 5.75 Å². The maximum absolute atomic E-state index is 12.5. The van der Waals surface area contributed by atoms with Gasteiger partial charge < -0.3 is 20.5 Å². The molecule has 5 nitrogen and oxygen atoms in total. The van der Waals surface area contributed by atoms with Crippen LogP contribution in [0.25, 0.3) is 0 Å². The fraction of sp³-hybridized carbons (Fsp3) is 0.562. The normalized spacial score (nSPS) is 20.9. The maximum atomic E-state index is 12.5. The number of rotatable bonds is 7. The molecular weight excluding hydrogens is 304 g/mol. The number of amides is 1. The number of benzene rings is 1. The van der Waals surface area contributed by atoms with Crippen molar-refractivity contribution in [2.45, 2.75) is 19.3 Å². The lowest BCUT2D eigenvalue weighted by Gasteiger charge is -2.19. The average molecular weight is 327 g/mol. The number of nitrogens with one attached hydrogen (secondary N) is 1. The van der Waals surface area contributed by atoms with Gasteiger partial charge in [-0.25, -0.2) is 0 Å². The minimum absolute atomic E-state index is 0.00759. The van der Waals surface area contributed by atoms with Crippen molar-refractivity contribution in [3.63, 3.8) is 0 Å². The Morgan fingerprint density at radius 1 is 1.41 bits per heavy atom. The summed E-state index contributed by atoms with van der Waals surface area (Å²) in [6.07, 6.45) is 2.95. The number of hydrogen-bond acceptors (Lipinski definition) is 4. The van der Waals surface area contributed by atoms with Crippen LogP contribution >= 0.6 is 11.6 Å². The number of carbonyl (C=O) groups excluding carboxylic acids is 1. The first-order chi connectivity index (χ1) is 10.7. The fourth-order valence-electron chi connectivity index (χ4n) is 2.87. The van der Waals surface area contributed by atoms with E-state index in [0.29, 0.717) is 36.2 Å². The van der Waals surface area contributed by atoms with Crippen molar-refractivity contribution < 1.29 is 14.3 Å². The molecule has 0 saturated heterocycles. The van der Waals surface area contributed by atoms with E-state index in [1.54, 1.807) is 25.3 Å². The third kappa shape index (κ3) is 4.12. The van der Waals surface area contributed by atoms with E-state index < -0.39 is 0 Å². The summed E-state index contributed by atoms with van der Waals surface area (Å²) in [6.45, 7) is 1.37. The number of nitrogens with two attached hydrogens (primary N) is 1. The van der Waals surface area contributed by atoms with Crippen LogP contribution in [-0.4, -0.2) is 32.8 Å². The lowest BCUT2D eigenvalue weighted by atomic mass is 9.95. The van der Waals surface area contributed by atoms with Gasteiger partial charge in [0, 0.05) is 13.0 Å². The van der Waals surface area contributed by atoms with E-state index in [0.717, 1.165) is 19.3 Å². The second-order valence-corrected chi connectivity index (χ2v) is 5.89. The standard InChI is InChI=1S/C16H23ClN2O3/c1-21-8-9-22-15-13(17)6-3-7-14(15)19-16(20)12-5-2-4-11(12)10-18/h3,6-7,11-12H,2,4-5,8-10,18H2,1H3,(H,19,20)/t11-,12-/m1/s1. The van der Waals surface area contributed by atoms with E-state index in [9.17, 15) is 4.79 Å². The molecule has 3 N–H and O–H groups in total. The van der Waals surface area contributed by atoms with Gasteiger partial charge >= 0.3 is 0 Å². The van der Waals surface area contributed by atoms with Crippen molar-refractivity contribution in [1.29, 1.82) is 0 Å². The van der Waals surface area contributed by atoms with Gasteiger partial charge in [0.1, 0.15) is 6.61 Å². The van der Waals surface area contributed by atoms with Crippen LogP contribution < -0.4 is 15.8 Å². The van der Waals surface area contributed by atoms with Gasteiger partial charge in [0.2, 0.25) is 5.91 Å². The first-order valence-corrected chi connectivity index (χ1v) is 7.96. The molecule has 1 aromatic carbocycles. The minimum Gasteiger partial charge on any atom is -0.487 e. The predicted octanol–water partition coefficient (Wildman–Crippen LogP) is 2.68. The van der Waals surface area contributed by atoms with E-state index >= 15 is 0 Å². The van der Waals surface area contributed by atoms with Crippen molar-refractivity contribution in [2.75, 3.05) is 32.2 Å². The van der Waals surface area contributed by atoms with E-state index in [1.807, 2.05) is 0 Å². The second-order valence-electron chi connectivity index (χ2n) is 5.48. The Hall–Kier alpha value is -1.30. The van der Waals surface area contributed by atoms with Gasteiger partial charge in [0.25, 0.3) is 0 Å². The molecule has 1 aromatic rings. The number of methoxy groups -OCH3 is 1. The van der Waals surface area contributed by atoms with Crippen molar-refractivity contribution in [3.05, 3.63) is 23.2 Å². The first-order valence-electron chi connectivity index (χ1n) is 7.58. The monoisotopic (exact) mass is 326 g/mol. The molecule has 1 amide bonds. The topological polar surface area (TPSA) is 73.6 Å². The molecule has 6 heteroatoms. The highest BCUT2D eigenvalue weighted by atomic mass is 35.5. The number of para-hydroxylation sites is 1. The van der Waals surface area contributed by atoms with Gasteiger partial charge in [-0.3, -0.25) is 4.79 Å². The fourth-order valence-corrected chi connectivity index (χ4v) is 3.10. The third-order valence-electron chi connectivity index (χ3n) is 4.06. The molecule has 1 aliphatic rings. The molecule has 0 radical (unpaired) electrons. The van der Waals surface area contributed by atoms with Gasteiger partial charge in [-0.1, -0.05) is 24.1 Å². The molecule has 1 fully saturated rings. The van der Waals surface area contributed by atoms with Gasteiger partial charge in [0.05, 0.1) is 17.3 Å². The van der Waals surface area contributed by atoms with Gasteiger partial charge in [-0.15, -0.1) is 0 Å². The molecule has 0 aromatic heterocycles. The second kappa shape index (κ2) is 8.36. The van der Waals surface area contributed by atoms with Gasteiger partial charge in [0.15, 0.2) is 5.75 Å². The van der Waals surface area contributed by atoms with Crippen LogP contribution in [0.5, 0.6) is 5.75 Å². The van der Waals surface area contributed by atoms with Crippen LogP contribution in [-0.2, 0) is 9.53 Å². The SMILES string of the molecule is COCCOc1c(Cl)cccc1NC(=O)[C@@H]1CCC[C@@H]1CN. The molecule has 0 unspecified atom stereocenters. The van der Waals surface area contributed by atoms with Crippen LogP contribution in [0.15, 0.2) is 18.2 Å². The highest BCUT2D eigenvalue weighted by Crippen LogP contribution is 2.36. The Morgan fingerprint density at radius 3 is 2.95 bits per heavy atom. The van der Waals surface area contributed by atoms with E-state index in [-0.39, 0.29) is 17.7 Å². The van der Waals surface area contributed by atoms with Crippen molar-refractivity contribution in [1.82, 2.24) is 0 Å². The Labute approximate surface area is 136 Å². The van der Waals surface area contributed by atoms with E-state index in [2.05, 4.69) is 5.32 Å². The van der Waals surface area contributed by atoms with Crippen LogP contribution in [0.1, 0.15) is 19.3 Å². The smallest absolute Gasteiger partial charge is 0.227 e.